The minimum atomic E-state index is 0. The summed E-state index contributed by atoms with van der Waals surface area (Å²) in [4.78, 5) is 0. The SMILES string of the molecule is [CH2-]CCCC#Cc1ccccc1.[Li+]. The van der Waals surface area contributed by atoms with E-state index in [1.54, 1.807) is 0 Å². The Labute approximate surface area is 92.9 Å². The van der Waals surface area contributed by atoms with E-state index in [4.69, 9.17) is 0 Å². The molecule has 1 aromatic rings. The van der Waals surface area contributed by atoms with Crippen LogP contribution in [0.25, 0.3) is 0 Å². The van der Waals surface area contributed by atoms with Gasteiger partial charge >= 0.3 is 18.9 Å². The van der Waals surface area contributed by atoms with E-state index in [0.717, 1.165) is 24.8 Å². The van der Waals surface area contributed by atoms with Crippen LogP contribution in [0.2, 0.25) is 0 Å². The zero-order valence-electron chi connectivity index (χ0n) is 8.22. The molecule has 0 nitrogen and oxygen atoms in total. The quantitative estimate of drug-likeness (QED) is 0.251. The number of rotatable bonds is 2. The van der Waals surface area contributed by atoms with E-state index >= 15 is 0 Å². The largest absolute Gasteiger partial charge is 1.00 e. The molecule has 0 bridgehead atoms. The Morgan fingerprint density at radius 3 is 2.46 bits per heavy atom. The van der Waals surface area contributed by atoms with Crippen LogP contribution in [0.4, 0.5) is 0 Å². The fourth-order valence-corrected chi connectivity index (χ4v) is 0.899. The number of unbranched alkanes of at least 4 members (excludes halogenated alkanes) is 2. The van der Waals surface area contributed by atoms with Gasteiger partial charge in [-0.05, 0) is 12.1 Å². The van der Waals surface area contributed by atoms with Gasteiger partial charge in [-0.2, -0.15) is 6.42 Å². The van der Waals surface area contributed by atoms with Crippen molar-refractivity contribution in [3.05, 3.63) is 42.8 Å². The Kier molecular flexibility index (Phi) is 7.61. The average molecular weight is 164 g/mol. The molecule has 0 aliphatic rings. The Morgan fingerprint density at radius 1 is 1.15 bits per heavy atom. The van der Waals surface area contributed by atoms with E-state index in [1.807, 2.05) is 30.3 Å². The standard InChI is InChI=1S/C12H13.Li/c1-2-3-4-6-9-12-10-7-5-8-11-12;/h5,7-8,10-11H,1-4H2;/q-1;+1. The van der Waals surface area contributed by atoms with Crippen molar-refractivity contribution < 1.29 is 18.9 Å². The third-order valence-corrected chi connectivity index (χ3v) is 1.56. The molecular formula is C12H13Li. The van der Waals surface area contributed by atoms with Crippen LogP contribution < -0.4 is 18.9 Å². The van der Waals surface area contributed by atoms with Crippen LogP contribution in [0.15, 0.2) is 30.3 Å². The van der Waals surface area contributed by atoms with E-state index in [2.05, 4.69) is 18.8 Å². The summed E-state index contributed by atoms with van der Waals surface area (Å²) in [6, 6.07) is 10.1. The topological polar surface area (TPSA) is 0 Å². The normalized spacial score (nSPS) is 8.08. The predicted molar refractivity (Wildman–Crippen MR) is 52.5 cm³/mol. The predicted octanol–water partition coefficient (Wildman–Crippen LogP) is 0.0465. The summed E-state index contributed by atoms with van der Waals surface area (Å²) in [5, 5.41) is 0. The monoisotopic (exact) mass is 164 g/mol. The molecule has 1 heteroatoms. The van der Waals surface area contributed by atoms with Crippen molar-refractivity contribution in [3.63, 3.8) is 0 Å². The van der Waals surface area contributed by atoms with Crippen molar-refractivity contribution in [1.82, 2.24) is 0 Å². The third-order valence-electron chi connectivity index (χ3n) is 1.56. The van der Waals surface area contributed by atoms with Crippen molar-refractivity contribution in [1.29, 1.82) is 0 Å². The maximum atomic E-state index is 3.76. The first-order valence-corrected chi connectivity index (χ1v) is 4.26. The van der Waals surface area contributed by atoms with Gasteiger partial charge in [-0.3, -0.25) is 0 Å². The zero-order chi connectivity index (χ0) is 8.65. The number of benzene rings is 1. The molecule has 0 amide bonds. The molecule has 0 fully saturated rings. The summed E-state index contributed by atoms with van der Waals surface area (Å²) >= 11 is 0. The van der Waals surface area contributed by atoms with Crippen LogP contribution in [-0.2, 0) is 0 Å². The van der Waals surface area contributed by atoms with Crippen molar-refractivity contribution in [3.8, 4) is 11.8 Å². The molecule has 0 saturated carbocycles. The summed E-state index contributed by atoms with van der Waals surface area (Å²) in [6.45, 7) is 3.76. The van der Waals surface area contributed by atoms with E-state index in [1.165, 1.54) is 0 Å². The molecule has 0 spiro atoms. The van der Waals surface area contributed by atoms with Crippen LogP contribution in [0.3, 0.4) is 0 Å². The first kappa shape index (κ1) is 12.4. The molecule has 13 heavy (non-hydrogen) atoms. The first-order valence-electron chi connectivity index (χ1n) is 4.26. The van der Waals surface area contributed by atoms with Crippen molar-refractivity contribution in [2.24, 2.45) is 0 Å². The second-order valence-electron chi connectivity index (χ2n) is 2.62. The van der Waals surface area contributed by atoms with Gasteiger partial charge in [-0.15, -0.1) is 0 Å². The second kappa shape index (κ2) is 8.00. The van der Waals surface area contributed by atoms with Crippen LogP contribution in [0.5, 0.6) is 0 Å². The minimum absolute atomic E-state index is 0. The van der Waals surface area contributed by atoms with Gasteiger partial charge in [-0.25, -0.2) is 0 Å². The smallest absolute Gasteiger partial charge is 0.343 e. The molecule has 62 valence electrons. The van der Waals surface area contributed by atoms with E-state index < -0.39 is 0 Å². The van der Waals surface area contributed by atoms with Crippen molar-refractivity contribution in [2.75, 3.05) is 0 Å². The van der Waals surface area contributed by atoms with Crippen LogP contribution in [-0.4, -0.2) is 0 Å². The van der Waals surface area contributed by atoms with E-state index in [0.29, 0.717) is 0 Å². The van der Waals surface area contributed by atoms with Gasteiger partial charge in [0.2, 0.25) is 0 Å². The number of hydrogen-bond acceptors (Lipinski definition) is 0. The molecule has 0 aliphatic heterocycles. The van der Waals surface area contributed by atoms with Gasteiger partial charge < -0.3 is 6.92 Å². The Balaban J connectivity index is 0.00000144. The molecule has 0 heterocycles. The maximum Gasteiger partial charge on any atom is 1.00 e. The number of hydrogen-bond donors (Lipinski definition) is 0. The fraction of sp³-hybridized carbons (Fsp3) is 0.250. The van der Waals surface area contributed by atoms with E-state index in [-0.39, 0.29) is 18.9 Å². The molecule has 0 atom stereocenters. The second-order valence-corrected chi connectivity index (χ2v) is 2.62. The molecule has 0 aromatic heterocycles. The fourth-order valence-electron chi connectivity index (χ4n) is 0.899. The summed E-state index contributed by atoms with van der Waals surface area (Å²) in [7, 11) is 0. The molecule has 0 aliphatic carbocycles. The Hall–Kier alpha value is -0.623. The van der Waals surface area contributed by atoms with Gasteiger partial charge in [0.25, 0.3) is 0 Å². The Bertz CT molecular complexity index is 266. The van der Waals surface area contributed by atoms with Gasteiger partial charge in [0.15, 0.2) is 0 Å². The van der Waals surface area contributed by atoms with Gasteiger partial charge in [0.05, 0.1) is 0 Å². The summed E-state index contributed by atoms with van der Waals surface area (Å²) in [5.74, 6) is 6.21. The third kappa shape index (κ3) is 5.59. The molecule has 1 aromatic carbocycles. The molecule has 0 N–H and O–H groups in total. The summed E-state index contributed by atoms with van der Waals surface area (Å²) < 4.78 is 0. The average Bonchev–Trinajstić information content (AvgIpc) is 2.14. The molecule has 0 radical (unpaired) electrons. The summed E-state index contributed by atoms with van der Waals surface area (Å²) in [5.41, 5.74) is 1.10. The van der Waals surface area contributed by atoms with Crippen molar-refractivity contribution >= 4 is 0 Å². The minimum Gasteiger partial charge on any atom is -0.343 e. The molecule has 0 saturated heterocycles. The van der Waals surface area contributed by atoms with E-state index in [9.17, 15) is 0 Å². The molecule has 0 unspecified atom stereocenters. The molecular weight excluding hydrogens is 151 g/mol. The Morgan fingerprint density at radius 2 is 1.85 bits per heavy atom. The first-order chi connectivity index (χ1) is 5.93. The van der Waals surface area contributed by atoms with Crippen LogP contribution in [0, 0.1) is 18.8 Å². The van der Waals surface area contributed by atoms with Gasteiger partial charge in [0, 0.05) is 12.0 Å². The van der Waals surface area contributed by atoms with Gasteiger partial charge in [0.1, 0.15) is 0 Å². The molecule has 1 rings (SSSR count). The van der Waals surface area contributed by atoms with Crippen molar-refractivity contribution in [2.45, 2.75) is 19.3 Å². The van der Waals surface area contributed by atoms with Crippen LogP contribution >= 0.6 is 0 Å². The van der Waals surface area contributed by atoms with Gasteiger partial charge in [-0.1, -0.05) is 36.5 Å². The van der Waals surface area contributed by atoms with Crippen LogP contribution in [0.1, 0.15) is 24.8 Å². The maximum absolute atomic E-state index is 3.76. The summed E-state index contributed by atoms with van der Waals surface area (Å²) in [6.07, 6.45) is 3.03. The zero-order valence-corrected chi connectivity index (χ0v) is 8.22.